The van der Waals surface area contributed by atoms with Crippen molar-refractivity contribution in [3.05, 3.63) is 0 Å². The number of aliphatic hydroxyl groups is 1. The van der Waals surface area contributed by atoms with E-state index in [-0.39, 0.29) is 24.2 Å². The van der Waals surface area contributed by atoms with Gasteiger partial charge in [-0.05, 0) is 111 Å². The van der Waals surface area contributed by atoms with Crippen molar-refractivity contribution in [2.75, 3.05) is 0 Å². The molecule has 0 amide bonds. The van der Waals surface area contributed by atoms with Crippen LogP contribution < -0.4 is 0 Å². The van der Waals surface area contributed by atoms with Gasteiger partial charge in [0.05, 0.1) is 5.60 Å². The van der Waals surface area contributed by atoms with Crippen molar-refractivity contribution in [2.24, 2.45) is 46.3 Å². The first kappa shape index (κ1) is 22.0. The molecule has 168 valence electrons. The van der Waals surface area contributed by atoms with Gasteiger partial charge in [0.2, 0.25) is 5.92 Å². The van der Waals surface area contributed by atoms with E-state index in [4.69, 9.17) is 0 Å². The van der Waals surface area contributed by atoms with Crippen molar-refractivity contribution in [1.82, 2.24) is 0 Å². The Kier molecular flexibility index (Phi) is 5.45. The maximum Gasteiger partial charge on any atom is 0.248 e. The molecule has 4 rings (SSSR count). The van der Waals surface area contributed by atoms with E-state index in [1.54, 1.807) is 6.92 Å². The van der Waals surface area contributed by atoms with E-state index in [1.807, 2.05) is 6.92 Å². The number of hydrogen-bond acceptors (Lipinski definition) is 1. The van der Waals surface area contributed by atoms with Gasteiger partial charge in [-0.3, -0.25) is 0 Å². The molecule has 4 fully saturated rings. The van der Waals surface area contributed by atoms with Crippen LogP contribution in [0.4, 0.5) is 8.78 Å². The Balaban J connectivity index is 1.52. The SMILES string of the molecule is CCC(F)(F)C[C@@H](C)[C@H]1CC[C@H]2[C@@H]3CC[C@H]4C[C@@](C)(O)CC[C@]4(C)[C@H]3CC[C@]12C. The molecule has 0 unspecified atom stereocenters. The molecule has 0 spiro atoms. The highest BCUT2D eigenvalue weighted by Gasteiger charge is 2.61. The third kappa shape index (κ3) is 3.60. The molecule has 9 atom stereocenters. The maximum absolute atomic E-state index is 14.2. The largest absolute Gasteiger partial charge is 0.390 e. The van der Waals surface area contributed by atoms with E-state index >= 15 is 0 Å². The third-order valence-electron chi connectivity index (χ3n) is 10.9. The lowest BCUT2D eigenvalue weighted by atomic mass is 9.43. The number of alkyl halides is 2. The second-order valence-electron chi connectivity index (χ2n) is 12.5. The van der Waals surface area contributed by atoms with Crippen molar-refractivity contribution in [3.63, 3.8) is 0 Å². The Morgan fingerprint density at radius 3 is 2.31 bits per heavy atom. The molecule has 0 radical (unpaired) electrons. The summed E-state index contributed by atoms with van der Waals surface area (Å²) in [5.74, 6) is 1.02. The highest BCUT2D eigenvalue weighted by Crippen LogP contribution is 2.69. The summed E-state index contributed by atoms with van der Waals surface area (Å²) in [6.07, 6.45) is 10.6. The molecular formula is C26H44F2O. The van der Waals surface area contributed by atoms with E-state index in [1.165, 1.54) is 32.1 Å². The molecule has 0 aliphatic heterocycles. The lowest BCUT2D eigenvalue weighted by molar-refractivity contribution is -0.149. The van der Waals surface area contributed by atoms with Crippen molar-refractivity contribution >= 4 is 0 Å². The van der Waals surface area contributed by atoms with Gasteiger partial charge in [-0.15, -0.1) is 0 Å². The predicted octanol–water partition coefficient (Wildman–Crippen LogP) is 7.47. The Morgan fingerprint density at radius 2 is 1.62 bits per heavy atom. The standard InChI is InChI=1S/C26H44F2O/c1-6-26(27,28)15-17(2)20-9-10-21-19-8-7-18-16-23(3,29)13-14-24(18,4)22(19)11-12-25(20,21)5/h17-22,29H,6-16H2,1-5H3/t17-,18+,19+,20-,21+,22+,23+,24+,25-/m1/s1. The molecule has 0 aromatic carbocycles. The predicted molar refractivity (Wildman–Crippen MR) is 115 cm³/mol. The Labute approximate surface area is 177 Å². The van der Waals surface area contributed by atoms with Gasteiger partial charge in [-0.1, -0.05) is 27.7 Å². The summed E-state index contributed by atoms with van der Waals surface area (Å²) in [5, 5.41) is 10.7. The molecular weight excluding hydrogens is 366 g/mol. The fraction of sp³-hybridized carbons (Fsp3) is 1.00. The zero-order chi connectivity index (χ0) is 21.2. The molecule has 0 bridgehead atoms. The topological polar surface area (TPSA) is 20.2 Å². The lowest BCUT2D eigenvalue weighted by Crippen LogP contribution is -2.55. The zero-order valence-corrected chi connectivity index (χ0v) is 19.4. The minimum atomic E-state index is -2.50. The molecule has 0 aromatic rings. The summed E-state index contributed by atoms with van der Waals surface area (Å²) in [6.45, 7) is 10.8. The number of hydrogen-bond donors (Lipinski definition) is 1. The van der Waals surface area contributed by atoms with Crippen molar-refractivity contribution in [2.45, 2.75) is 117 Å². The van der Waals surface area contributed by atoms with Crippen LogP contribution in [-0.4, -0.2) is 16.6 Å². The Hall–Kier alpha value is -0.180. The second kappa shape index (κ2) is 7.17. The first-order valence-corrected chi connectivity index (χ1v) is 12.5. The van der Waals surface area contributed by atoms with Crippen molar-refractivity contribution in [1.29, 1.82) is 0 Å². The van der Waals surface area contributed by atoms with Gasteiger partial charge in [0.1, 0.15) is 0 Å². The monoisotopic (exact) mass is 410 g/mol. The number of rotatable bonds is 4. The van der Waals surface area contributed by atoms with Crippen LogP contribution in [0.15, 0.2) is 0 Å². The quantitative estimate of drug-likeness (QED) is 0.510. The minimum Gasteiger partial charge on any atom is -0.390 e. The highest BCUT2D eigenvalue weighted by atomic mass is 19.3. The minimum absolute atomic E-state index is 0.0293. The van der Waals surface area contributed by atoms with Crippen molar-refractivity contribution < 1.29 is 13.9 Å². The van der Waals surface area contributed by atoms with E-state index < -0.39 is 11.5 Å². The fourth-order valence-corrected chi connectivity index (χ4v) is 9.16. The van der Waals surface area contributed by atoms with Gasteiger partial charge in [-0.25, -0.2) is 8.78 Å². The normalized spacial score (nSPS) is 51.1. The van der Waals surface area contributed by atoms with Crippen LogP contribution in [0.5, 0.6) is 0 Å². The number of halogens is 2. The molecule has 4 aliphatic rings. The second-order valence-corrected chi connectivity index (χ2v) is 12.5. The Bertz CT molecular complexity index is 616. The van der Waals surface area contributed by atoms with E-state index in [9.17, 15) is 13.9 Å². The molecule has 4 aliphatic carbocycles. The first-order valence-electron chi connectivity index (χ1n) is 12.5. The smallest absolute Gasteiger partial charge is 0.248 e. The van der Waals surface area contributed by atoms with Gasteiger partial charge >= 0.3 is 0 Å². The average Bonchev–Trinajstić information content (AvgIpc) is 2.99. The molecule has 1 N–H and O–H groups in total. The highest BCUT2D eigenvalue weighted by molar-refractivity contribution is 5.10. The molecule has 0 heterocycles. The molecule has 1 nitrogen and oxygen atoms in total. The average molecular weight is 411 g/mol. The first-order chi connectivity index (χ1) is 13.4. The summed E-state index contributed by atoms with van der Waals surface area (Å²) in [6, 6.07) is 0. The van der Waals surface area contributed by atoms with Gasteiger partial charge in [-0.2, -0.15) is 0 Å². The summed E-state index contributed by atoms with van der Waals surface area (Å²) in [4.78, 5) is 0. The van der Waals surface area contributed by atoms with Crippen LogP contribution in [0.25, 0.3) is 0 Å². The summed E-state index contributed by atoms with van der Waals surface area (Å²) < 4.78 is 28.3. The lowest BCUT2D eigenvalue weighted by Gasteiger charge is -2.62. The van der Waals surface area contributed by atoms with Crippen LogP contribution in [0.3, 0.4) is 0 Å². The van der Waals surface area contributed by atoms with Gasteiger partial charge < -0.3 is 5.11 Å². The van der Waals surface area contributed by atoms with Crippen LogP contribution in [0.2, 0.25) is 0 Å². The molecule has 29 heavy (non-hydrogen) atoms. The van der Waals surface area contributed by atoms with E-state index in [0.717, 1.165) is 43.4 Å². The van der Waals surface area contributed by atoms with Gasteiger partial charge in [0.25, 0.3) is 0 Å². The van der Waals surface area contributed by atoms with Gasteiger partial charge in [0.15, 0.2) is 0 Å². The molecule has 0 aromatic heterocycles. The number of fused-ring (bicyclic) bond motifs is 5. The van der Waals surface area contributed by atoms with Gasteiger partial charge in [0, 0.05) is 12.8 Å². The Morgan fingerprint density at radius 1 is 0.931 bits per heavy atom. The molecule has 0 saturated heterocycles. The maximum atomic E-state index is 14.2. The van der Waals surface area contributed by atoms with Crippen LogP contribution >= 0.6 is 0 Å². The van der Waals surface area contributed by atoms with Crippen LogP contribution in [-0.2, 0) is 0 Å². The van der Waals surface area contributed by atoms with Crippen LogP contribution in [0, 0.1) is 46.3 Å². The van der Waals surface area contributed by atoms with E-state index in [2.05, 4.69) is 20.8 Å². The third-order valence-corrected chi connectivity index (χ3v) is 10.9. The summed E-state index contributed by atoms with van der Waals surface area (Å²) in [7, 11) is 0. The van der Waals surface area contributed by atoms with E-state index in [0.29, 0.717) is 17.3 Å². The molecule has 4 saturated carbocycles. The molecule has 3 heteroatoms. The van der Waals surface area contributed by atoms with Crippen LogP contribution in [0.1, 0.15) is 105 Å². The van der Waals surface area contributed by atoms with Crippen molar-refractivity contribution in [3.8, 4) is 0 Å². The summed E-state index contributed by atoms with van der Waals surface area (Å²) in [5.41, 5.74) is 0.164. The summed E-state index contributed by atoms with van der Waals surface area (Å²) >= 11 is 0. The zero-order valence-electron chi connectivity index (χ0n) is 19.4. The fourth-order valence-electron chi connectivity index (χ4n) is 9.16.